The van der Waals surface area contributed by atoms with Crippen LogP contribution < -0.4 is 10.2 Å². The highest BCUT2D eigenvalue weighted by atomic mass is 16.2. The van der Waals surface area contributed by atoms with Crippen molar-refractivity contribution < 1.29 is 14.4 Å². The molecule has 3 rings (SSSR count). The molecule has 1 aromatic carbocycles. The average molecular weight is 386 g/mol. The van der Waals surface area contributed by atoms with Gasteiger partial charge in [-0.25, -0.2) is 0 Å². The van der Waals surface area contributed by atoms with Crippen molar-refractivity contribution in [2.45, 2.75) is 39.3 Å². The highest BCUT2D eigenvalue weighted by Crippen LogP contribution is 2.19. The van der Waals surface area contributed by atoms with E-state index in [-0.39, 0.29) is 36.1 Å². The topological polar surface area (TPSA) is 73.0 Å². The van der Waals surface area contributed by atoms with Crippen molar-refractivity contribution in [1.29, 1.82) is 0 Å². The first kappa shape index (κ1) is 20.3. The lowest BCUT2D eigenvalue weighted by Gasteiger charge is -2.40. The molecule has 0 saturated carbocycles. The Morgan fingerprint density at radius 3 is 2.29 bits per heavy atom. The summed E-state index contributed by atoms with van der Waals surface area (Å²) in [6, 6.07) is 7.47. The molecule has 2 aliphatic rings. The zero-order chi connectivity index (χ0) is 20.3. The molecule has 0 bridgehead atoms. The van der Waals surface area contributed by atoms with Gasteiger partial charge in [-0.2, -0.15) is 0 Å². The van der Waals surface area contributed by atoms with Gasteiger partial charge in [-0.05, 0) is 45.0 Å². The second-order valence-corrected chi connectivity index (χ2v) is 7.81. The Balaban J connectivity index is 1.56. The Kier molecular flexibility index (Phi) is 6.34. The van der Waals surface area contributed by atoms with Crippen LogP contribution in [0.2, 0.25) is 0 Å². The Bertz CT molecular complexity index is 724. The van der Waals surface area contributed by atoms with E-state index in [2.05, 4.69) is 29.0 Å². The first-order valence-electron chi connectivity index (χ1n) is 10.0. The summed E-state index contributed by atoms with van der Waals surface area (Å²) >= 11 is 0. The van der Waals surface area contributed by atoms with Gasteiger partial charge < -0.3 is 15.1 Å². The third-order valence-electron chi connectivity index (χ3n) is 5.67. The maximum absolute atomic E-state index is 12.8. The molecule has 7 nitrogen and oxygen atoms in total. The van der Waals surface area contributed by atoms with E-state index in [0.29, 0.717) is 25.2 Å². The number of anilines is 1. The molecule has 0 aliphatic carbocycles. The van der Waals surface area contributed by atoms with Crippen molar-refractivity contribution in [1.82, 2.24) is 15.1 Å². The lowest BCUT2D eigenvalue weighted by Crippen LogP contribution is -2.59. The Morgan fingerprint density at radius 1 is 1.07 bits per heavy atom. The van der Waals surface area contributed by atoms with Gasteiger partial charge in [-0.3, -0.25) is 19.3 Å². The van der Waals surface area contributed by atoms with Crippen molar-refractivity contribution in [3.63, 3.8) is 0 Å². The molecule has 2 fully saturated rings. The second-order valence-electron chi connectivity index (χ2n) is 7.81. The fourth-order valence-corrected chi connectivity index (χ4v) is 3.98. The van der Waals surface area contributed by atoms with Crippen LogP contribution >= 0.6 is 0 Å². The van der Waals surface area contributed by atoms with Crippen LogP contribution in [0.1, 0.15) is 37.6 Å². The van der Waals surface area contributed by atoms with Crippen molar-refractivity contribution in [3.05, 3.63) is 29.8 Å². The maximum Gasteiger partial charge on any atom is 0.237 e. The number of hydrogen-bond acceptors (Lipinski definition) is 5. The van der Waals surface area contributed by atoms with E-state index in [1.807, 2.05) is 29.2 Å². The minimum absolute atomic E-state index is 0.0410. The van der Waals surface area contributed by atoms with Crippen molar-refractivity contribution >= 4 is 23.3 Å². The van der Waals surface area contributed by atoms with Gasteiger partial charge in [0.25, 0.3) is 0 Å². The summed E-state index contributed by atoms with van der Waals surface area (Å²) in [5.74, 6) is 0.0564. The first-order chi connectivity index (χ1) is 13.4. The van der Waals surface area contributed by atoms with Crippen LogP contribution in [0, 0.1) is 0 Å². The second kappa shape index (κ2) is 8.73. The maximum atomic E-state index is 12.8. The van der Waals surface area contributed by atoms with E-state index < -0.39 is 0 Å². The minimum atomic E-state index is -0.376. The van der Waals surface area contributed by atoms with E-state index in [1.165, 1.54) is 0 Å². The Morgan fingerprint density at radius 2 is 1.71 bits per heavy atom. The summed E-state index contributed by atoms with van der Waals surface area (Å²) in [5, 5.41) is 2.88. The number of ketones is 1. The van der Waals surface area contributed by atoms with Crippen LogP contribution in [-0.2, 0) is 9.59 Å². The first-order valence-corrected chi connectivity index (χ1v) is 10.0. The molecule has 0 radical (unpaired) electrons. The Labute approximate surface area is 166 Å². The number of nitrogens with one attached hydrogen (secondary N) is 1. The van der Waals surface area contributed by atoms with Gasteiger partial charge in [0.05, 0.1) is 12.5 Å². The minimum Gasteiger partial charge on any atom is -0.368 e. The molecule has 2 heterocycles. The van der Waals surface area contributed by atoms with Gasteiger partial charge in [0.2, 0.25) is 11.8 Å². The van der Waals surface area contributed by atoms with Gasteiger partial charge in [-0.15, -0.1) is 0 Å². The number of hydrogen-bond donors (Lipinski definition) is 1. The van der Waals surface area contributed by atoms with Gasteiger partial charge in [0.1, 0.15) is 0 Å². The molecule has 1 aromatic rings. The molecule has 2 saturated heterocycles. The number of piperazine rings is 2. The fraction of sp³-hybridized carbons (Fsp3) is 0.571. The lowest BCUT2D eigenvalue weighted by atomic mass is 10.1. The smallest absolute Gasteiger partial charge is 0.237 e. The largest absolute Gasteiger partial charge is 0.368 e. The number of carbonyl (C=O) groups is 3. The summed E-state index contributed by atoms with van der Waals surface area (Å²) in [6.07, 6.45) is 0.233. The van der Waals surface area contributed by atoms with Gasteiger partial charge in [-0.1, -0.05) is 0 Å². The van der Waals surface area contributed by atoms with Gasteiger partial charge in [0, 0.05) is 56.6 Å². The molecular formula is C21H30N4O3. The number of rotatable bonds is 5. The molecule has 152 valence electrons. The van der Waals surface area contributed by atoms with Crippen LogP contribution in [0.5, 0.6) is 0 Å². The molecule has 1 N–H and O–H groups in total. The molecule has 0 aromatic heterocycles. The van der Waals surface area contributed by atoms with E-state index in [9.17, 15) is 14.4 Å². The van der Waals surface area contributed by atoms with Crippen LogP contribution in [-0.4, -0.2) is 78.7 Å². The Hall–Kier alpha value is -2.41. The normalized spacial score (nSPS) is 21.0. The number of nitrogens with zero attached hydrogens (tertiary/aromatic N) is 3. The highest BCUT2D eigenvalue weighted by Gasteiger charge is 2.34. The average Bonchev–Trinajstić information content (AvgIpc) is 2.69. The quantitative estimate of drug-likeness (QED) is 0.769. The van der Waals surface area contributed by atoms with Crippen molar-refractivity contribution in [3.8, 4) is 0 Å². The van der Waals surface area contributed by atoms with E-state index in [4.69, 9.17) is 0 Å². The molecule has 0 unspecified atom stereocenters. The van der Waals surface area contributed by atoms with E-state index in [1.54, 1.807) is 6.92 Å². The number of amides is 2. The lowest BCUT2D eigenvalue weighted by molar-refractivity contribution is -0.139. The molecule has 7 heteroatoms. The van der Waals surface area contributed by atoms with Crippen LogP contribution in [0.15, 0.2) is 24.3 Å². The van der Waals surface area contributed by atoms with Crippen LogP contribution in [0.4, 0.5) is 5.69 Å². The summed E-state index contributed by atoms with van der Waals surface area (Å²) in [6.45, 7) is 9.89. The van der Waals surface area contributed by atoms with E-state index in [0.717, 1.165) is 25.3 Å². The number of benzene rings is 1. The summed E-state index contributed by atoms with van der Waals surface area (Å²) in [4.78, 5) is 42.7. The zero-order valence-electron chi connectivity index (χ0n) is 17.0. The van der Waals surface area contributed by atoms with Crippen LogP contribution in [0.25, 0.3) is 0 Å². The highest BCUT2D eigenvalue weighted by molar-refractivity contribution is 5.94. The monoisotopic (exact) mass is 386 g/mol. The number of carbonyl (C=O) groups excluding carboxylic acids is 3. The fourth-order valence-electron chi connectivity index (χ4n) is 3.98. The molecule has 2 aliphatic heterocycles. The third kappa shape index (κ3) is 4.52. The van der Waals surface area contributed by atoms with E-state index >= 15 is 0 Å². The predicted octanol–water partition coefficient (Wildman–Crippen LogP) is 1.14. The molecular weight excluding hydrogens is 356 g/mol. The summed E-state index contributed by atoms with van der Waals surface area (Å²) < 4.78 is 0. The molecule has 1 atom stereocenters. The van der Waals surface area contributed by atoms with Crippen molar-refractivity contribution in [2.75, 3.05) is 44.2 Å². The van der Waals surface area contributed by atoms with Crippen LogP contribution in [0.3, 0.4) is 0 Å². The van der Waals surface area contributed by atoms with Gasteiger partial charge in [0.15, 0.2) is 5.78 Å². The summed E-state index contributed by atoms with van der Waals surface area (Å²) in [5.41, 5.74) is 1.77. The summed E-state index contributed by atoms with van der Waals surface area (Å²) in [7, 11) is 0. The molecule has 2 amide bonds. The number of Topliss-reactive ketones (excluding diaryl/α,β-unsaturated/α-hetero) is 1. The molecule has 28 heavy (non-hydrogen) atoms. The predicted molar refractivity (Wildman–Crippen MR) is 108 cm³/mol. The standard InChI is InChI=1S/C21H30N4O3/c1-15(2)25-9-8-22-21(28)19(25)14-20(27)24-12-10-23(11-13-24)18-6-4-17(5-7-18)16(3)26/h4-7,15,19H,8-14H2,1-3H3,(H,22,28)/t19-/m1/s1. The zero-order valence-corrected chi connectivity index (χ0v) is 17.0. The van der Waals surface area contributed by atoms with Gasteiger partial charge >= 0.3 is 0 Å². The third-order valence-corrected chi connectivity index (χ3v) is 5.67. The SMILES string of the molecule is CC(=O)c1ccc(N2CCN(C(=O)C[C@@H]3C(=O)NCCN3C(C)C)CC2)cc1. The molecule has 0 spiro atoms. The van der Waals surface area contributed by atoms with Crippen molar-refractivity contribution in [2.24, 2.45) is 0 Å².